The van der Waals surface area contributed by atoms with Gasteiger partial charge in [0, 0.05) is 10.6 Å². The van der Waals surface area contributed by atoms with Gasteiger partial charge < -0.3 is 5.11 Å². The molecule has 0 aromatic heterocycles. The molecule has 0 heterocycles. The van der Waals surface area contributed by atoms with E-state index in [1.165, 1.54) is 12.1 Å². The van der Waals surface area contributed by atoms with Gasteiger partial charge in [-0.2, -0.15) is 0 Å². The lowest BCUT2D eigenvalue weighted by Gasteiger charge is -2.27. The lowest BCUT2D eigenvalue weighted by atomic mass is 9.88. The van der Waals surface area contributed by atoms with E-state index in [0.29, 0.717) is 12.8 Å². The number of hydrogen-bond acceptors (Lipinski definition) is 1. The molecule has 0 unspecified atom stereocenters. The number of hydrogen-bond donors (Lipinski definition) is 1. The zero-order valence-corrected chi connectivity index (χ0v) is 9.11. The van der Waals surface area contributed by atoms with Crippen molar-refractivity contribution < 1.29 is 9.50 Å². The molecule has 0 aliphatic rings. The van der Waals surface area contributed by atoms with Gasteiger partial charge in [-0.3, -0.25) is 0 Å². The lowest BCUT2D eigenvalue weighted by molar-refractivity contribution is 0.0250. The topological polar surface area (TPSA) is 20.2 Å². The molecule has 0 fully saturated rings. The summed E-state index contributed by atoms with van der Waals surface area (Å²) in [6.07, 6.45) is 0.897. The maximum Gasteiger partial charge on any atom is 0.130 e. The molecule has 0 saturated heterocycles. The van der Waals surface area contributed by atoms with Crippen LogP contribution in [0, 0.1) is 5.82 Å². The van der Waals surface area contributed by atoms with Crippen molar-refractivity contribution in [3.63, 3.8) is 0 Å². The standard InChI is InChI=1S/C11H14ClFO/c1-3-11(14,4-2)10-8(12)6-5-7-9(10)13/h5-7,14H,3-4H2,1-2H3. The fraction of sp³-hybridized carbons (Fsp3) is 0.455. The molecule has 0 spiro atoms. The summed E-state index contributed by atoms with van der Waals surface area (Å²) in [5.41, 5.74) is -0.936. The zero-order valence-electron chi connectivity index (χ0n) is 8.35. The summed E-state index contributed by atoms with van der Waals surface area (Å²) >= 11 is 5.87. The van der Waals surface area contributed by atoms with Gasteiger partial charge in [0.15, 0.2) is 0 Å². The molecule has 0 aliphatic heterocycles. The Labute approximate surface area is 88.5 Å². The average molecular weight is 217 g/mol. The van der Waals surface area contributed by atoms with Crippen molar-refractivity contribution in [2.75, 3.05) is 0 Å². The molecule has 1 aromatic carbocycles. The molecule has 0 bridgehead atoms. The van der Waals surface area contributed by atoms with Crippen LogP contribution >= 0.6 is 11.6 Å². The van der Waals surface area contributed by atoms with Crippen molar-refractivity contribution in [3.05, 3.63) is 34.6 Å². The third kappa shape index (κ3) is 1.91. The molecule has 0 aliphatic carbocycles. The van der Waals surface area contributed by atoms with Gasteiger partial charge in [0.25, 0.3) is 0 Å². The Morgan fingerprint density at radius 3 is 2.36 bits per heavy atom. The van der Waals surface area contributed by atoms with E-state index in [2.05, 4.69) is 0 Å². The van der Waals surface area contributed by atoms with Gasteiger partial charge in [-0.25, -0.2) is 4.39 Å². The number of rotatable bonds is 3. The van der Waals surface area contributed by atoms with Gasteiger partial charge in [-0.15, -0.1) is 0 Å². The van der Waals surface area contributed by atoms with E-state index in [-0.39, 0.29) is 10.6 Å². The Kier molecular flexibility index (Phi) is 3.51. The fourth-order valence-electron chi connectivity index (χ4n) is 1.55. The highest BCUT2D eigenvalue weighted by atomic mass is 35.5. The average Bonchev–Trinajstić information content (AvgIpc) is 2.17. The van der Waals surface area contributed by atoms with Gasteiger partial charge in [-0.05, 0) is 25.0 Å². The third-order valence-electron chi connectivity index (χ3n) is 2.60. The summed E-state index contributed by atoms with van der Waals surface area (Å²) in [4.78, 5) is 0. The second-order valence-electron chi connectivity index (χ2n) is 3.34. The Bertz CT molecular complexity index is 301. The molecule has 1 rings (SSSR count). The minimum absolute atomic E-state index is 0.215. The van der Waals surface area contributed by atoms with Crippen molar-refractivity contribution in [2.45, 2.75) is 32.3 Å². The maximum absolute atomic E-state index is 13.5. The van der Waals surface area contributed by atoms with E-state index < -0.39 is 11.4 Å². The first kappa shape index (κ1) is 11.5. The third-order valence-corrected chi connectivity index (χ3v) is 2.91. The smallest absolute Gasteiger partial charge is 0.130 e. The van der Waals surface area contributed by atoms with E-state index in [0.717, 1.165) is 0 Å². The Balaban J connectivity index is 3.29. The van der Waals surface area contributed by atoms with Crippen LogP contribution in [0.5, 0.6) is 0 Å². The largest absolute Gasteiger partial charge is 0.385 e. The second kappa shape index (κ2) is 4.28. The Hall–Kier alpha value is -0.600. The van der Waals surface area contributed by atoms with Crippen LogP contribution < -0.4 is 0 Å². The summed E-state index contributed by atoms with van der Waals surface area (Å²) in [5, 5.41) is 10.4. The fourth-order valence-corrected chi connectivity index (χ4v) is 1.88. The molecule has 1 N–H and O–H groups in total. The molecule has 1 nitrogen and oxygen atoms in total. The van der Waals surface area contributed by atoms with Crippen molar-refractivity contribution in [1.82, 2.24) is 0 Å². The molecule has 1 aromatic rings. The van der Waals surface area contributed by atoms with Gasteiger partial charge in [0.2, 0.25) is 0 Å². The first-order valence-corrected chi connectivity index (χ1v) is 5.09. The van der Waals surface area contributed by atoms with Crippen LogP contribution in [-0.4, -0.2) is 5.11 Å². The SMILES string of the molecule is CCC(O)(CC)c1c(F)cccc1Cl. The molecular formula is C11H14ClFO. The van der Waals surface area contributed by atoms with E-state index in [9.17, 15) is 9.50 Å². The van der Waals surface area contributed by atoms with E-state index >= 15 is 0 Å². The quantitative estimate of drug-likeness (QED) is 0.820. The summed E-state index contributed by atoms with van der Waals surface area (Å²) in [5.74, 6) is -0.441. The highest BCUT2D eigenvalue weighted by Crippen LogP contribution is 2.35. The maximum atomic E-state index is 13.5. The van der Waals surface area contributed by atoms with Gasteiger partial charge in [0.1, 0.15) is 5.82 Å². The second-order valence-corrected chi connectivity index (χ2v) is 3.74. The van der Waals surface area contributed by atoms with Crippen LogP contribution in [0.4, 0.5) is 4.39 Å². The summed E-state index contributed by atoms with van der Waals surface area (Å²) in [6, 6.07) is 4.45. The van der Waals surface area contributed by atoms with Crippen LogP contribution in [0.25, 0.3) is 0 Å². The molecular weight excluding hydrogens is 203 g/mol. The van der Waals surface area contributed by atoms with Crippen LogP contribution in [0.15, 0.2) is 18.2 Å². The zero-order chi connectivity index (χ0) is 10.8. The molecule has 0 atom stereocenters. The molecule has 14 heavy (non-hydrogen) atoms. The van der Waals surface area contributed by atoms with Crippen LogP contribution in [0.1, 0.15) is 32.3 Å². The Morgan fingerprint density at radius 1 is 1.36 bits per heavy atom. The predicted octanol–water partition coefficient (Wildman–Crippen LogP) is 3.49. The predicted molar refractivity (Wildman–Crippen MR) is 55.9 cm³/mol. The number of benzene rings is 1. The van der Waals surface area contributed by atoms with Crippen molar-refractivity contribution in [1.29, 1.82) is 0 Å². The van der Waals surface area contributed by atoms with E-state index in [1.54, 1.807) is 6.07 Å². The van der Waals surface area contributed by atoms with E-state index in [1.807, 2.05) is 13.8 Å². The van der Waals surface area contributed by atoms with Crippen molar-refractivity contribution >= 4 is 11.6 Å². The summed E-state index contributed by atoms with van der Waals surface area (Å²) in [7, 11) is 0. The Morgan fingerprint density at radius 2 is 1.93 bits per heavy atom. The normalized spacial score (nSPS) is 11.8. The first-order chi connectivity index (χ1) is 6.55. The first-order valence-electron chi connectivity index (χ1n) is 4.72. The molecule has 78 valence electrons. The highest BCUT2D eigenvalue weighted by molar-refractivity contribution is 6.31. The highest BCUT2D eigenvalue weighted by Gasteiger charge is 2.30. The van der Waals surface area contributed by atoms with Crippen molar-refractivity contribution in [2.24, 2.45) is 0 Å². The van der Waals surface area contributed by atoms with Crippen LogP contribution in [0.2, 0.25) is 5.02 Å². The van der Waals surface area contributed by atoms with Crippen LogP contribution in [0.3, 0.4) is 0 Å². The van der Waals surface area contributed by atoms with Crippen molar-refractivity contribution in [3.8, 4) is 0 Å². The van der Waals surface area contributed by atoms with Crippen LogP contribution in [-0.2, 0) is 5.60 Å². The molecule has 0 saturated carbocycles. The summed E-state index contributed by atoms with van der Waals surface area (Å²) in [6.45, 7) is 3.62. The van der Waals surface area contributed by atoms with E-state index in [4.69, 9.17) is 11.6 Å². The number of halogens is 2. The monoisotopic (exact) mass is 216 g/mol. The molecule has 0 radical (unpaired) electrons. The molecule has 3 heteroatoms. The lowest BCUT2D eigenvalue weighted by Crippen LogP contribution is -2.25. The summed E-state index contributed by atoms with van der Waals surface area (Å²) < 4.78 is 13.5. The van der Waals surface area contributed by atoms with Gasteiger partial charge >= 0.3 is 0 Å². The van der Waals surface area contributed by atoms with Gasteiger partial charge in [0.05, 0.1) is 5.60 Å². The molecule has 0 amide bonds. The minimum Gasteiger partial charge on any atom is -0.385 e. The van der Waals surface area contributed by atoms with Gasteiger partial charge in [-0.1, -0.05) is 31.5 Å². The minimum atomic E-state index is -1.15. The number of aliphatic hydroxyl groups is 1.